The molecule has 1 aliphatic heterocycles. The van der Waals surface area contributed by atoms with E-state index in [2.05, 4.69) is 50.0 Å². The average molecular weight is 343 g/mol. The lowest BCUT2D eigenvalue weighted by molar-refractivity contribution is -0.0681. The van der Waals surface area contributed by atoms with E-state index in [-0.39, 0.29) is 0 Å². The molecule has 2 unspecified atom stereocenters. The van der Waals surface area contributed by atoms with Crippen LogP contribution in [0.15, 0.2) is 16.9 Å². The van der Waals surface area contributed by atoms with Crippen molar-refractivity contribution in [2.24, 2.45) is 0 Å². The summed E-state index contributed by atoms with van der Waals surface area (Å²) < 4.78 is 6.64. The fourth-order valence-electron chi connectivity index (χ4n) is 2.53. The highest BCUT2D eigenvalue weighted by Crippen LogP contribution is 2.11. The molecule has 112 valence electrons. The van der Waals surface area contributed by atoms with Crippen LogP contribution in [-0.2, 0) is 4.74 Å². The summed E-state index contributed by atoms with van der Waals surface area (Å²) in [5.41, 5.74) is 0. The SMILES string of the molecule is CC1CN(CCCCNc2ncc(Br)cn2)CC(C)O1. The Hall–Kier alpha value is -0.720. The third kappa shape index (κ3) is 5.34. The van der Waals surface area contributed by atoms with E-state index < -0.39 is 0 Å². The van der Waals surface area contributed by atoms with E-state index in [4.69, 9.17) is 4.74 Å². The molecule has 2 rings (SSSR count). The van der Waals surface area contributed by atoms with Gasteiger partial charge in [0.25, 0.3) is 0 Å². The molecule has 1 saturated heterocycles. The summed E-state index contributed by atoms with van der Waals surface area (Å²) in [6.45, 7) is 8.45. The zero-order chi connectivity index (χ0) is 14.4. The second-order valence-electron chi connectivity index (χ2n) is 5.38. The lowest BCUT2D eigenvalue weighted by Gasteiger charge is -2.35. The number of hydrogen-bond donors (Lipinski definition) is 1. The molecule has 6 heteroatoms. The Morgan fingerprint density at radius 3 is 2.55 bits per heavy atom. The molecule has 2 atom stereocenters. The largest absolute Gasteiger partial charge is 0.373 e. The van der Waals surface area contributed by atoms with Gasteiger partial charge in [0.15, 0.2) is 0 Å². The number of anilines is 1. The molecule has 1 N–H and O–H groups in total. The van der Waals surface area contributed by atoms with Crippen molar-refractivity contribution in [3.8, 4) is 0 Å². The van der Waals surface area contributed by atoms with Gasteiger partial charge in [-0.1, -0.05) is 0 Å². The number of aromatic nitrogens is 2. The zero-order valence-corrected chi connectivity index (χ0v) is 13.8. The minimum absolute atomic E-state index is 0.355. The van der Waals surface area contributed by atoms with Crippen LogP contribution in [0.2, 0.25) is 0 Å². The van der Waals surface area contributed by atoms with E-state index in [1.54, 1.807) is 12.4 Å². The first-order valence-corrected chi connectivity index (χ1v) is 8.02. The van der Waals surface area contributed by atoms with E-state index in [9.17, 15) is 0 Å². The van der Waals surface area contributed by atoms with Crippen LogP contribution in [0, 0.1) is 0 Å². The normalized spacial score (nSPS) is 23.8. The topological polar surface area (TPSA) is 50.3 Å². The zero-order valence-electron chi connectivity index (χ0n) is 12.2. The molecular weight excluding hydrogens is 320 g/mol. The van der Waals surface area contributed by atoms with Crippen molar-refractivity contribution in [3.05, 3.63) is 16.9 Å². The molecule has 0 aliphatic carbocycles. The molecule has 0 saturated carbocycles. The first kappa shape index (κ1) is 15.7. The number of unbranched alkanes of at least 4 members (excludes halogenated alkanes) is 1. The van der Waals surface area contributed by atoms with Gasteiger partial charge in [0.1, 0.15) is 0 Å². The van der Waals surface area contributed by atoms with Gasteiger partial charge in [0.2, 0.25) is 5.95 Å². The summed E-state index contributed by atoms with van der Waals surface area (Å²) in [7, 11) is 0. The summed E-state index contributed by atoms with van der Waals surface area (Å²) >= 11 is 3.32. The van der Waals surface area contributed by atoms with Crippen LogP contribution in [0.4, 0.5) is 5.95 Å². The number of morpholine rings is 1. The number of nitrogens with zero attached hydrogens (tertiary/aromatic N) is 3. The Labute approximate surface area is 129 Å². The third-order valence-corrected chi connectivity index (χ3v) is 3.71. The summed E-state index contributed by atoms with van der Waals surface area (Å²) in [5.74, 6) is 0.696. The molecule has 1 fully saturated rings. The molecule has 1 aliphatic rings. The number of ether oxygens (including phenoxy) is 1. The molecule has 20 heavy (non-hydrogen) atoms. The quantitative estimate of drug-likeness (QED) is 0.805. The summed E-state index contributed by atoms with van der Waals surface area (Å²) in [6, 6.07) is 0. The van der Waals surface area contributed by atoms with Gasteiger partial charge in [-0.05, 0) is 49.2 Å². The standard InChI is InChI=1S/C14H23BrN4O/c1-11-9-19(10-12(2)20-11)6-4-3-5-16-14-17-7-13(15)8-18-14/h7-8,11-12H,3-6,9-10H2,1-2H3,(H,16,17,18). The van der Waals surface area contributed by atoms with Gasteiger partial charge in [-0.2, -0.15) is 0 Å². The lowest BCUT2D eigenvalue weighted by Crippen LogP contribution is -2.45. The van der Waals surface area contributed by atoms with Crippen molar-refractivity contribution in [2.75, 3.05) is 31.5 Å². The van der Waals surface area contributed by atoms with Gasteiger partial charge < -0.3 is 10.1 Å². The second-order valence-corrected chi connectivity index (χ2v) is 6.29. The fraction of sp³-hybridized carbons (Fsp3) is 0.714. The predicted molar refractivity (Wildman–Crippen MR) is 83.9 cm³/mol. The Kier molecular flexibility index (Phi) is 6.19. The van der Waals surface area contributed by atoms with E-state index in [0.717, 1.165) is 37.1 Å². The smallest absolute Gasteiger partial charge is 0.222 e. The molecule has 1 aromatic rings. The Morgan fingerprint density at radius 1 is 1.25 bits per heavy atom. The molecule has 0 spiro atoms. The van der Waals surface area contributed by atoms with Gasteiger partial charge in [0.05, 0.1) is 16.7 Å². The second kappa shape index (κ2) is 7.90. The van der Waals surface area contributed by atoms with Crippen molar-refractivity contribution in [2.45, 2.75) is 38.9 Å². The van der Waals surface area contributed by atoms with Gasteiger partial charge in [-0.3, -0.25) is 4.90 Å². The fourth-order valence-corrected chi connectivity index (χ4v) is 2.74. The maximum atomic E-state index is 5.74. The van der Waals surface area contributed by atoms with Crippen LogP contribution in [0.25, 0.3) is 0 Å². The van der Waals surface area contributed by atoms with Gasteiger partial charge in [-0.15, -0.1) is 0 Å². The van der Waals surface area contributed by atoms with Crippen LogP contribution in [0.1, 0.15) is 26.7 Å². The van der Waals surface area contributed by atoms with Gasteiger partial charge >= 0.3 is 0 Å². The number of nitrogens with one attached hydrogen (secondary N) is 1. The predicted octanol–water partition coefficient (Wildman–Crippen LogP) is 2.54. The van der Waals surface area contributed by atoms with E-state index in [0.29, 0.717) is 18.2 Å². The Morgan fingerprint density at radius 2 is 1.90 bits per heavy atom. The number of halogens is 1. The molecular formula is C14H23BrN4O. The third-order valence-electron chi connectivity index (χ3n) is 3.30. The molecule has 0 aromatic carbocycles. The van der Waals surface area contributed by atoms with Crippen molar-refractivity contribution in [1.82, 2.24) is 14.9 Å². The molecule has 0 amide bonds. The molecule has 1 aromatic heterocycles. The molecule has 5 nitrogen and oxygen atoms in total. The van der Waals surface area contributed by atoms with Crippen molar-refractivity contribution < 1.29 is 4.74 Å². The van der Waals surface area contributed by atoms with Crippen molar-refractivity contribution in [3.63, 3.8) is 0 Å². The van der Waals surface area contributed by atoms with E-state index in [1.165, 1.54) is 6.42 Å². The minimum atomic E-state index is 0.355. The van der Waals surface area contributed by atoms with Crippen LogP contribution in [0.5, 0.6) is 0 Å². The Bertz CT molecular complexity index is 391. The van der Waals surface area contributed by atoms with E-state index >= 15 is 0 Å². The van der Waals surface area contributed by atoms with Crippen LogP contribution < -0.4 is 5.32 Å². The lowest BCUT2D eigenvalue weighted by atomic mass is 10.2. The van der Waals surface area contributed by atoms with Crippen LogP contribution in [0.3, 0.4) is 0 Å². The average Bonchev–Trinajstić information content (AvgIpc) is 2.39. The Balaban J connectivity index is 1.58. The van der Waals surface area contributed by atoms with Crippen molar-refractivity contribution in [1.29, 1.82) is 0 Å². The highest BCUT2D eigenvalue weighted by atomic mass is 79.9. The molecule has 0 radical (unpaired) electrons. The van der Waals surface area contributed by atoms with E-state index in [1.807, 2.05) is 0 Å². The summed E-state index contributed by atoms with van der Waals surface area (Å²) in [6.07, 6.45) is 6.53. The monoisotopic (exact) mass is 342 g/mol. The molecule has 2 heterocycles. The maximum Gasteiger partial charge on any atom is 0.222 e. The minimum Gasteiger partial charge on any atom is -0.373 e. The summed E-state index contributed by atoms with van der Waals surface area (Å²) in [4.78, 5) is 10.9. The highest BCUT2D eigenvalue weighted by Gasteiger charge is 2.21. The van der Waals surface area contributed by atoms with Crippen molar-refractivity contribution >= 4 is 21.9 Å². The molecule has 0 bridgehead atoms. The van der Waals surface area contributed by atoms with Gasteiger partial charge in [0, 0.05) is 32.0 Å². The van der Waals surface area contributed by atoms with Gasteiger partial charge in [-0.25, -0.2) is 9.97 Å². The number of rotatable bonds is 6. The first-order chi connectivity index (χ1) is 9.63. The number of hydrogen-bond acceptors (Lipinski definition) is 5. The maximum absolute atomic E-state index is 5.74. The summed E-state index contributed by atoms with van der Waals surface area (Å²) in [5, 5.41) is 3.24. The highest BCUT2D eigenvalue weighted by molar-refractivity contribution is 9.10. The van der Waals surface area contributed by atoms with Crippen LogP contribution in [-0.4, -0.2) is 53.3 Å². The first-order valence-electron chi connectivity index (χ1n) is 7.22. The van der Waals surface area contributed by atoms with Crippen LogP contribution >= 0.6 is 15.9 Å².